The van der Waals surface area contributed by atoms with Gasteiger partial charge in [0.15, 0.2) is 0 Å². The van der Waals surface area contributed by atoms with Crippen molar-refractivity contribution in [3.63, 3.8) is 0 Å². The van der Waals surface area contributed by atoms with Gasteiger partial charge in [-0.3, -0.25) is 14.8 Å². The Morgan fingerprint density at radius 3 is 1.49 bits per heavy atom. The third-order valence-corrected chi connectivity index (χ3v) is 6.59. The van der Waals surface area contributed by atoms with Crippen LogP contribution in [0.3, 0.4) is 0 Å². The molecule has 4 nitrogen and oxygen atoms in total. The number of carbonyl (C=O) groups excluding carboxylic acids is 2. The molecule has 0 saturated carbocycles. The van der Waals surface area contributed by atoms with Crippen LogP contribution >= 0.6 is 71.2 Å². The molecule has 0 saturated heterocycles. The summed E-state index contributed by atoms with van der Waals surface area (Å²) in [6.45, 7) is 0. The quantitative estimate of drug-likeness (QED) is 0.0557. The zero-order valence-electron chi connectivity index (χ0n) is 24.8. The number of aldehydes is 1. The summed E-state index contributed by atoms with van der Waals surface area (Å²) in [5.41, 5.74) is 7.00. The third kappa shape index (κ3) is 20.9. The van der Waals surface area contributed by atoms with E-state index in [4.69, 9.17) is 67.8 Å². The van der Waals surface area contributed by atoms with Crippen LogP contribution in [-0.2, 0) is 22.4 Å². The molecular formula is C34H37Cl6N2O2P. The number of hydrogen-bond donors (Lipinski definition) is 0. The number of carbonyl (C=O) groups is 2. The molecule has 0 N–H and O–H groups in total. The van der Waals surface area contributed by atoms with E-state index in [2.05, 4.69) is 58.5 Å². The normalized spacial score (nSPS) is 11.6. The van der Waals surface area contributed by atoms with Crippen LogP contribution in [0, 0.1) is 0 Å². The van der Waals surface area contributed by atoms with Crippen LogP contribution in [0.2, 0.25) is 0 Å². The van der Waals surface area contributed by atoms with E-state index in [-0.39, 0.29) is 5.24 Å². The number of aromatic nitrogens is 2. The minimum atomic E-state index is -3.69. The summed E-state index contributed by atoms with van der Waals surface area (Å²) < 4.78 is -3.69. The van der Waals surface area contributed by atoms with Crippen molar-refractivity contribution in [3.8, 4) is 22.5 Å². The SMILES string of the molecule is ClP(Cl)(Cl)(Cl)Cl.O=C(Cl)CCCCCc1cccc(-c2ccccn2)c1.O=CCCCCCc1cccc(-c2ccccn2)c1. The molecular weight excluding hydrogens is 712 g/mol. The number of nitrogens with zero attached hydrogens (tertiary/aromatic N) is 2. The van der Waals surface area contributed by atoms with E-state index in [0.717, 1.165) is 74.6 Å². The molecule has 0 unspecified atom stereocenters. The number of unbranched alkanes of at least 4 members (excludes halogenated alkanes) is 5. The van der Waals surface area contributed by atoms with Gasteiger partial charge in [-0.2, -0.15) is 0 Å². The topological polar surface area (TPSA) is 59.9 Å². The van der Waals surface area contributed by atoms with Crippen molar-refractivity contribution in [1.82, 2.24) is 9.97 Å². The summed E-state index contributed by atoms with van der Waals surface area (Å²) in [6, 6.07) is 28.9. The van der Waals surface area contributed by atoms with Gasteiger partial charge in [0.1, 0.15) is 6.29 Å². The first-order chi connectivity index (χ1) is 21.4. The molecule has 4 aromatic rings. The average molecular weight is 749 g/mol. The van der Waals surface area contributed by atoms with Crippen molar-refractivity contribution >= 4 is 82.7 Å². The summed E-state index contributed by atoms with van der Waals surface area (Å²) in [6.07, 6.45) is 14.1. The molecule has 0 radical (unpaired) electrons. The summed E-state index contributed by atoms with van der Waals surface area (Å²) in [5.74, 6) is 0. The third-order valence-electron chi connectivity index (χ3n) is 6.40. The number of pyridine rings is 2. The second kappa shape index (κ2) is 21.2. The molecule has 0 bridgehead atoms. The van der Waals surface area contributed by atoms with Crippen LogP contribution in [0.4, 0.5) is 0 Å². The molecule has 242 valence electrons. The van der Waals surface area contributed by atoms with Gasteiger partial charge in [0.25, 0.3) is 0 Å². The molecule has 0 aliphatic rings. The van der Waals surface area contributed by atoms with E-state index >= 15 is 0 Å². The van der Waals surface area contributed by atoms with Gasteiger partial charge in [0.05, 0.1) is 11.4 Å². The first-order valence-electron chi connectivity index (χ1n) is 14.6. The van der Waals surface area contributed by atoms with Gasteiger partial charge in [0, 0.05) is 36.4 Å². The van der Waals surface area contributed by atoms with Crippen LogP contribution < -0.4 is 0 Å². The van der Waals surface area contributed by atoms with E-state index in [9.17, 15) is 9.59 Å². The van der Waals surface area contributed by atoms with E-state index < -0.39 is 3.37 Å². The van der Waals surface area contributed by atoms with E-state index in [1.165, 1.54) is 16.7 Å². The maximum Gasteiger partial charge on any atom is 0.221 e. The summed E-state index contributed by atoms with van der Waals surface area (Å²) in [5, 5.41) is -0.234. The largest absolute Gasteiger partial charge is 0.303 e. The Labute approximate surface area is 295 Å². The maximum atomic E-state index is 10.6. The predicted octanol–water partition coefficient (Wildman–Crippen LogP) is 13.0. The number of halogens is 6. The monoisotopic (exact) mass is 746 g/mol. The van der Waals surface area contributed by atoms with Gasteiger partial charge in [-0.1, -0.05) is 61.4 Å². The van der Waals surface area contributed by atoms with E-state index in [1.54, 1.807) is 0 Å². The summed E-state index contributed by atoms with van der Waals surface area (Å²) >= 11 is 30.2. The van der Waals surface area contributed by atoms with Crippen LogP contribution in [0.1, 0.15) is 62.5 Å². The van der Waals surface area contributed by atoms with Gasteiger partial charge in [-0.25, -0.2) is 0 Å². The standard InChI is InChI=1S/C17H18ClNO.C17H19NO.Cl5P/c18-17(20)11-3-1-2-7-14-8-6-9-15(13-14)16-10-4-5-12-19-16;19-13-6-2-1-3-8-15-9-7-10-16(14-15)17-11-4-5-12-18-17;1-6(2,3,4)5/h4-6,8-10,12-13H,1-3,7,11H2;4-5,7,9-14H,1-3,6,8H2;. The number of benzene rings is 2. The van der Waals surface area contributed by atoms with Gasteiger partial charge >= 0.3 is 59.6 Å². The zero-order valence-corrected chi connectivity index (χ0v) is 30.2. The molecule has 2 heterocycles. The molecule has 0 aliphatic heterocycles. The molecule has 45 heavy (non-hydrogen) atoms. The van der Waals surface area contributed by atoms with Crippen molar-refractivity contribution < 1.29 is 9.59 Å². The fourth-order valence-corrected chi connectivity index (χ4v) is 4.48. The maximum absolute atomic E-state index is 10.6. The van der Waals surface area contributed by atoms with E-state index in [1.807, 2.05) is 48.8 Å². The molecule has 11 heteroatoms. The first-order valence-corrected chi connectivity index (χ1v) is 21.8. The Balaban J connectivity index is 0.000000266. The van der Waals surface area contributed by atoms with E-state index in [0.29, 0.717) is 12.8 Å². The Bertz CT molecular complexity index is 1420. The molecule has 4 rings (SSSR count). The average Bonchev–Trinajstić information content (AvgIpc) is 3.01. The molecule has 2 aromatic heterocycles. The van der Waals surface area contributed by atoms with Gasteiger partial charge in [-0.05, 0) is 97.7 Å². The number of rotatable bonds is 14. The number of hydrogen-bond acceptors (Lipinski definition) is 4. The van der Waals surface area contributed by atoms with Crippen molar-refractivity contribution in [1.29, 1.82) is 0 Å². The van der Waals surface area contributed by atoms with Crippen molar-refractivity contribution in [2.75, 3.05) is 0 Å². The zero-order chi connectivity index (χ0) is 33.0. The molecule has 0 atom stereocenters. The second-order valence-electron chi connectivity index (χ2n) is 10.2. The smallest absolute Gasteiger partial charge is 0.221 e. The Morgan fingerprint density at radius 1 is 0.622 bits per heavy atom. The predicted molar refractivity (Wildman–Crippen MR) is 197 cm³/mol. The Hall–Kier alpha value is -1.75. The van der Waals surface area contributed by atoms with Crippen molar-refractivity contribution in [2.45, 2.75) is 64.2 Å². The minimum Gasteiger partial charge on any atom is -0.303 e. The molecule has 0 spiro atoms. The first kappa shape index (κ1) is 39.4. The van der Waals surface area contributed by atoms with Crippen LogP contribution in [0.5, 0.6) is 0 Å². The molecule has 0 fully saturated rings. The van der Waals surface area contributed by atoms with Crippen LogP contribution in [-0.4, -0.2) is 21.5 Å². The van der Waals surface area contributed by atoms with Crippen molar-refractivity contribution in [3.05, 3.63) is 108 Å². The molecule has 0 aliphatic carbocycles. The summed E-state index contributed by atoms with van der Waals surface area (Å²) in [7, 11) is 0. The van der Waals surface area contributed by atoms with Crippen molar-refractivity contribution in [2.24, 2.45) is 0 Å². The van der Waals surface area contributed by atoms with Crippen LogP contribution in [0.15, 0.2) is 97.3 Å². The second-order valence-corrected chi connectivity index (χ2v) is 27.2. The molecule has 0 amide bonds. The van der Waals surface area contributed by atoms with Gasteiger partial charge < -0.3 is 4.79 Å². The van der Waals surface area contributed by atoms with Crippen LogP contribution in [0.25, 0.3) is 22.5 Å². The Kier molecular flexibility index (Phi) is 18.6. The molecule has 2 aromatic carbocycles. The number of aryl methyl sites for hydroxylation is 2. The van der Waals surface area contributed by atoms with Gasteiger partial charge in [-0.15, -0.1) is 0 Å². The minimum absolute atomic E-state index is 0.234. The Morgan fingerprint density at radius 2 is 1.09 bits per heavy atom. The fourth-order valence-electron chi connectivity index (χ4n) is 4.34. The fraction of sp³-hybridized carbons (Fsp3) is 0.294. The summed E-state index contributed by atoms with van der Waals surface area (Å²) in [4.78, 5) is 29.6. The van der Waals surface area contributed by atoms with Gasteiger partial charge in [0.2, 0.25) is 5.24 Å².